The van der Waals surface area contributed by atoms with E-state index < -0.39 is 0 Å². The Morgan fingerprint density at radius 3 is 0.875 bits per heavy atom. The Kier molecular flexibility index (Phi) is 2.19. The molecule has 0 atom stereocenters. The normalized spacial score (nSPS) is 21.0. The summed E-state index contributed by atoms with van der Waals surface area (Å²) < 4.78 is 0. The van der Waals surface area contributed by atoms with E-state index in [-0.39, 0.29) is 0 Å². The van der Waals surface area contributed by atoms with Crippen LogP contribution in [0.2, 0.25) is 0 Å². The summed E-state index contributed by atoms with van der Waals surface area (Å²) in [5.74, 6) is 0. The molecule has 0 bridgehead atoms. The second-order valence-electron chi connectivity index (χ2n) is 3.92. The second-order valence-corrected chi connectivity index (χ2v) is 3.92. The van der Waals surface area contributed by atoms with E-state index in [1.54, 1.807) is 0 Å². The lowest BCUT2D eigenvalue weighted by molar-refractivity contribution is 1.50. The lowest BCUT2D eigenvalue weighted by Gasteiger charge is -1.93. The Bertz CT molecular complexity index is 616. The zero-order chi connectivity index (χ0) is 10.8. The quantitative estimate of drug-likeness (QED) is 0.587. The van der Waals surface area contributed by atoms with Gasteiger partial charge in [-0.3, -0.25) is 0 Å². The summed E-state index contributed by atoms with van der Waals surface area (Å²) in [5.41, 5.74) is 0. The Labute approximate surface area is 94.2 Å². The summed E-state index contributed by atoms with van der Waals surface area (Å²) in [7, 11) is 0. The molecular formula is C16H12. The molecule has 0 aliphatic heterocycles. The van der Waals surface area contributed by atoms with Gasteiger partial charge in [0.2, 0.25) is 0 Å². The number of benzene rings is 2. The van der Waals surface area contributed by atoms with Crippen molar-refractivity contribution in [1.29, 1.82) is 0 Å². The third-order valence-corrected chi connectivity index (χ3v) is 2.88. The van der Waals surface area contributed by atoms with Crippen LogP contribution in [0, 0.1) is 0 Å². The lowest BCUT2D eigenvalue weighted by atomic mass is 10.1. The van der Waals surface area contributed by atoms with Gasteiger partial charge in [0.25, 0.3) is 0 Å². The van der Waals surface area contributed by atoms with Gasteiger partial charge in [-0.1, -0.05) is 72.8 Å². The van der Waals surface area contributed by atoms with Crippen LogP contribution in [0.15, 0.2) is 48.5 Å². The van der Waals surface area contributed by atoms with E-state index in [2.05, 4.69) is 72.8 Å². The van der Waals surface area contributed by atoms with E-state index in [1.807, 2.05) is 0 Å². The minimum atomic E-state index is 1.27. The van der Waals surface area contributed by atoms with Gasteiger partial charge in [-0.05, 0) is 20.9 Å². The van der Waals surface area contributed by atoms with Crippen molar-refractivity contribution < 1.29 is 0 Å². The maximum atomic E-state index is 2.18. The van der Waals surface area contributed by atoms with Crippen LogP contribution in [0.3, 0.4) is 0 Å². The molecule has 0 saturated carbocycles. The van der Waals surface area contributed by atoms with E-state index >= 15 is 0 Å². The summed E-state index contributed by atoms with van der Waals surface area (Å²) in [6.45, 7) is 0. The number of hydrogen-bond donors (Lipinski definition) is 0. The molecule has 0 unspecified atom stereocenters. The van der Waals surface area contributed by atoms with Crippen LogP contribution < -0.4 is 20.9 Å². The van der Waals surface area contributed by atoms with Crippen molar-refractivity contribution in [3.63, 3.8) is 0 Å². The molecule has 3 rings (SSSR count). The minimum absolute atomic E-state index is 1.27. The van der Waals surface area contributed by atoms with Crippen molar-refractivity contribution in [2.24, 2.45) is 0 Å². The fourth-order valence-electron chi connectivity index (χ4n) is 1.99. The summed E-state index contributed by atoms with van der Waals surface area (Å²) in [5, 5.41) is 5.09. The van der Waals surface area contributed by atoms with E-state index in [4.69, 9.17) is 0 Å². The van der Waals surface area contributed by atoms with Crippen LogP contribution in [-0.4, -0.2) is 0 Å². The maximum Gasteiger partial charge on any atom is -0.0184 e. The molecular weight excluding hydrogens is 192 g/mol. The van der Waals surface area contributed by atoms with Crippen LogP contribution >= 0.6 is 0 Å². The van der Waals surface area contributed by atoms with Gasteiger partial charge in [-0.2, -0.15) is 0 Å². The molecule has 0 heteroatoms. The molecule has 76 valence electrons. The Morgan fingerprint density at radius 1 is 0.375 bits per heavy atom. The zero-order valence-electron chi connectivity index (χ0n) is 8.93. The Hall–Kier alpha value is -2.08. The summed E-state index contributed by atoms with van der Waals surface area (Å²) in [6, 6.07) is 16.9. The van der Waals surface area contributed by atoms with Crippen molar-refractivity contribution in [1.82, 2.24) is 0 Å². The first-order valence-electron chi connectivity index (χ1n) is 5.48. The smallest absolute Gasteiger partial charge is 0.0184 e. The fourth-order valence-corrected chi connectivity index (χ4v) is 1.99. The number of rotatable bonds is 0. The molecule has 0 spiro atoms. The third kappa shape index (κ3) is 1.59. The van der Waals surface area contributed by atoms with Crippen molar-refractivity contribution in [3.8, 4) is 0 Å². The van der Waals surface area contributed by atoms with Gasteiger partial charge < -0.3 is 0 Å². The van der Waals surface area contributed by atoms with Gasteiger partial charge in [0.15, 0.2) is 0 Å². The molecule has 0 fully saturated rings. The molecule has 0 saturated heterocycles. The van der Waals surface area contributed by atoms with E-state index in [9.17, 15) is 0 Å². The first kappa shape index (κ1) is 9.17. The molecule has 2 aromatic carbocycles. The highest BCUT2D eigenvalue weighted by Gasteiger charge is 1.87. The molecule has 0 nitrogen and oxygen atoms in total. The number of fused-ring (bicyclic) bond motifs is 2. The van der Waals surface area contributed by atoms with Crippen LogP contribution in [0.5, 0.6) is 0 Å². The largest absolute Gasteiger partial charge is 0.0616 e. The van der Waals surface area contributed by atoms with E-state index in [0.29, 0.717) is 0 Å². The predicted molar refractivity (Wildman–Crippen MR) is 69.2 cm³/mol. The van der Waals surface area contributed by atoms with Gasteiger partial charge in [0.1, 0.15) is 0 Å². The zero-order valence-corrected chi connectivity index (χ0v) is 8.93. The Balaban J connectivity index is 2.45. The number of hydrogen-bond acceptors (Lipinski definition) is 0. The van der Waals surface area contributed by atoms with Gasteiger partial charge in [0.05, 0.1) is 0 Å². The summed E-state index contributed by atoms with van der Waals surface area (Å²) >= 11 is 0. The molecule has 0 radical (unpaired) electrons. The summed E-state index contributed by atoms with van der Waals surface area (Å²) in [6.07, 6.45) is 8.71. The van der Waals surface area contributed by atoms with Gasteiger partial charge in [0, 0.05) is 0 Å². The van der Waals surface area contributed by atoms with Gasteiger partial charge in [-0.25, -0.2) is 0 Å². The molecule has 0 heterocycles. The topological polar surface area (TPSA) is 0 Å². The molecule has 1 aliphatic rings. The van der Waals surface area contributed by atoms with Gasteiger partial charge >= 0.3 is 0 Å². The molecule has 1 aliphatic carbocycles. The molecule has 0 amide bonds. The highest BCUT2D eigenvalue weighted by Crippen LogP contribution is 1.80. The van der Waals surface area contributed by atoms with Crippen molar-refractivity contribution in [2.75, 3.05) is 0 Å². The monoisotopic (exact) mass is 204 g/mol. The highest BCUT2D eigenvalue weighted by molar-refractivity contribution is 5.68. The summed E-state index contributed by atoms with van der Waals surface area (Å²) in [4.78, 5) is 0. The first-order valence-corrected chi connectivity index (χ1v) is 5.48. The second kappa shape index (κ2) is 3.82. The van der Waals surface area contributed by atoms with Crippen molar-refractivity contribution >= 4 is 24.3 Å². The Morgan fingerprint density at radius 2 is 0.625 bits per heavy atom. The minimum Gasteiger partial charge on any atom is -0.0616 e. The van der Waals surface area contributed by atoms with Gasteiger partial charge in [-0.15, -0.1) is 0 Å². The average Bonchev–Trinajstić information content (AvgIpc) is 2.32. The van der Waals surface area contributed by atoms with Crippen molar-refractivity contribution in [3.05, 3.63) is 69.4 Å². The van der Waals surface area contributed by atoms with Crippen LogP contribution in [-0.2, 0) is 0 Å². The molecule has 0 aromatic heterocycles. The predicted octanol–water partition coefficient (Wildman–Crippen LogP) is 0.522. The highest BCUT2D eigenvalue weighted by atomic mass is 13.9. The fraction of sp³-hybridized carbons (Fsp3) is 0. The maximum absolute atomic E-state index is 2.18. The van der Waals surface area contributed by atoms with Crippen LogP contribution in [0.1, 0.15) is 0 Å². The lowest BCUT2D eigenvalue weighted by Crippen LogP contribution is -2.28. The SMILES string of the molecule is C1=c2/cccc/c2=C/C=c2/cccc/c2=C/1. The molecule has 0 N–H and O–H groups in total. The standard InChI is InChI=1S/C16H12/c1-2-6-14-11-12-16-8-4-3-7-15(16)10-9-13(14)5-1/h1-12H/b10-9?,12-11?,13-9-,14-11-,15-10-,16-12-. The molecule has 16 heavy (non-hydrogen) atoms. The van der Waals surface area contributed by atoms with Crippen LogP contribution in [0.25, 0.3) is 24.3 Å². The third-order valence-electron chi connectivity index (χ3n) is 2.88. The first-order chi connectivity index (χ1) is 7.93. The average molecular weight is 204 g/mol. The molecule has 2 aromatic rings. The van der Waals surface area contributed by atoms with Crippen molar-refractivity contribution in [2.45, 2.75) is 0 Å². The van der Waals surface area contributed by atoms with Crippen LogP contribution in [0.4, 0.5) is 0 Å². The van der Waals surface area contributed by atoms with E-state index in [0.717, 1.165) is 0 Å². The van der Waals surface area contributed by atoms with E-state index in [1.165, 1.54) is 20.9 Å².